The molecule has 8 heteroatoms. The largest absolute Gasteiger partial charge is 0.487 e. The second kappa shape index (κ2) is 8.88. The van der Waals surface area contributed by atoms with E-state index in [1.807, 2.05) is 13.1 Å². The second-order valence-corrected chi connectivity index (χ2v) is 8.68. The van der Waals surface area contributed by atoms with E-state index in [4.69, 9.17) is 4.74 Å². The minimum Gasteiger partial charge on any atom is -0.487 e. The molecule has 1 aliphatic rings. The number of aromatic nitrogens is 2. The third-order valence-corrected chi connectivity index (χ3v) is 5.81. The number of likely N-dealkylation sites (N-methyl/N-ethyl adjacent to an activating group) is 1. The van der Waals surface area contributed by atoms with Crippen LogP contribution in [0.2, 0.25) is 0 Å². The Morgan fingerprint density at radius 3 is 2.74 bits per heavy atom. The van der Waals surface area contributed by atoms with Crippen molar-refractivity contribution in [2.24, 2.45) is 0 Å². The van der Waals surface area contributed by atoms with E-state index in [9.17, 15) is 13.6 Å². The maximum atomic E-state index is 15.0. The first-order valence-electron chi connectivity index (χ1n) is 9.92. The van der Waals surface area contributed by atoms with Crippen LogP contribution < -0.4 is 10.3 Å². The first kappa shape index (κ1) is 21.6. The maximum Gasteiger partial charge on any atom is 0.290 e. The van der Waals surface area contributed by atoms with Crippen molar-refractivity contribution in [3.63, 3.8) is 0 Å². The highest BCUT2D eigenvalue weighted by Gasteiger charge is 2.33. The highest BCUT2D eigenvalue weighted by Crippen LogP contribution is 2.32. The molecule has 1 aromatic carbocycles. The van der Waals surface area contributed by atoms with Crippen molar-refractivity contribution in [2.45, 2.75) is 32.0 Å². The van der Waals surface area contributed by atoms with Gasteiger partial charge in [-0.3, -0.25) is 9.78 Å². The molecular formula is C23H22BrF2N3O2. The van der Waals surface area contributed by atoms with Crippen LogP contribution in [0, 0.1) is 0 Å². The zero-order chi connectivity index (χ0) is 22.0. The highest BCUT2D eigenvalue weighted by molar-refractivity contribution is 9.10. The molecular weight excluding hydrogens is 468 g/mol. The van der Waals surface area contributed by atoms with E-state index in [2.05, 4.69) is 25.8 Å². The van der Waals surface area contributed by atoms with Crippen LogP contribution in [0.3, 0.4) is 0 Å². The standard InChI is InChI=1S/C23H22BrF2N3O2/c1-28-8-6-16-2-3-18(10-17(16)13-28)23(25,26)15-29-9-7-21(11-22(29)30)31-14-20-5-4-19(24)12-27-20/h2-5,7,9-12H,6,8,13-15H2,1H3. The minimum atomic E-state index is -3.17. The molecule has 3 aromatic rings. The van der Waals surface area contributed by atoms with Gasteiger partial charge in [-0.15, -0.1) is 0 Å². The van der Waals surface area contributed by atoms with Gasteiger partial charge < -0.3 is 14.2 Å². The monoisotopic (exact) mass is 489 g/mol. The van der Waals surface area contributed by atoms with Crippen LogP contribution in [0.15, 0.2) is 64.1 Å². The van der Waals surface area contributed by atoms with Crippen LogP contribution in [0.5, 0.6) is 5.75 Å². The topological polar surface area (TPSA) is 47.4 Å². The fraction of sp³-hybridized carbons (Fsp3) is 0.304. The second-order valence-electron chi connectivity index (χ2n) is 7.76. The van der Waals surface area contributed by atoms with E-state index in [1.54, 1.807) is 24.4 Å². The summed E-state index contributed by atoms with van der Waals surface area (Å²) >= 11 is 3.31. The van der Waals surface area contributed by atoms with Gasteiger partial charge in [0.2, 0.25) is 0 Å². The molecule has 0 spiro atoms. The normalized spacial score (nSPS) is 14.3. The Hall–Kier alpha value is -2.58. The number of halogens is 3. The number of alkyl halides is 2. The van der Waals surface area contributed by atoms with Gasteiger partial charge in [0, 0.05) is 41.6 Å². The average molecular weight is 490 g/mol. The zero-order valence-electron chi connectivity index (χ0n) is 17.0. The first-order valence-corrected chi connectivity index (χ1v) is 10.7. The summed E-state index contributed by atoms with van der Waals surface area (Å²) < 4.78 is 37.4. The van der Waals surface area contributed by atoms with E-state index in [0.717, 1.165) is 33.1 Å². The smallest absolute Gasteiger partial charge is 0.290 e. The fourth-order valence-corrected chi connectivity index (χ4v) is 3.82. The Kier molecular flexibility index (Phi) is 6.20. The molecule has 0 atom stereocenters. The van der Waals surface area contributed by atoms with Gasteiger partial charge in [-0.2, -0.15) is 8.78 Å². The van der Waals surface area contributed by atoms with Crippen molar-refractivity contribution in [3.05, 3.63) is 92.1 Å². The summed E-state index contributed by atoms with van der Waals surface area (Å²) in [7, 11) is 1.98. The quantitative estimate of drug-likeness (QED) is 0.515. The van der Waals surface area contributed by atoms with Crippen LogP contribution in [0.4, 0.5) is 8.78 Å². The van der Waals surface area contributed by atoms with Gasteiger partial charge in [-0.1, -0.05) is 12.1 Å². The molecule has 2 aromatic heterocycles. The van der Waals surface area contributed by atoms with E-state index >= 15 is 0 Å². The summed E-state index contributed by atoms with van der Waals surface area (Å²) in [5.74, 6) is -2.86. The molecule has 0 unspecified atom stereocenters. The lowest BCUT2D eigenvalue weighted by molar-refractivity contribution is -0.0233. The number of benzene rings is 1. The molecule has 0 amide bonds. The third kappa shape index (κ3) is 5.19. The molecule has 4 rings (SSSR count). The molecule has 1 aliphatic heterocycles. The predicted octanol–water partition coefficient (Wildman–Crippen LogP) is 4.36. The maximum absolute atomic E-state index is 15.0. The van der Waals surface area contributed by atoms with Crippen molar-refractivity contribution in [3.8, 4) is 5.75 Å². The molecule has 0 saturated carbocycles. The van der Waals surface area contributed by atoms with Crippen LogP contribution in [0.25, 0.3) is 0 Å². The summed E-state index contributed by atoms with van der Waals surface area (Å²) in [4.78, 5) is 18.7. The Morgan fingerprint density at radius 1 is 1.16 bits per heavy atom. The van der Waals surface area contributed by atoms with Crippen LogP contribution in [-0.4, -0.2) is 28.0 Å². The van der Waals surface area contributed by atoms with Gasteiger partial charge in [0.1, 0.15) is 12.4 Å². The summed E-state index contributed by atoms with van der Waals surface area (Å²) in [6.07, 6.45) is 3.85. The Labute approximate surface area is 187 Å². The molecule has 0 N–H and O–H groups in total. The van der Waals surface area contributed by atoms with Crippen molar-refractivity contribution in [1.29, 1.82) is 0 Å². The number of hydrogen-bond donors (Lipinski definition) is 0. The first-order chi connectivity index (χ1) is 14.8. The number of rotatable bonds is 6. The van der Waals surface area contributed by atoms with Crippen molar-refractivity contribution >= 4 is 15.9 Å². The number of ether oxygens (including phenoxy) is 1. The molecule has 0 radical (unpaired) electrons. The SMILES string of the molecule is CN1CCc2ccc(C(F)(F)Cn3ccc(OCc4ccc(Br)cn4)cc3=O)cc2C1. The minimum absolute atomic E-state index is 0.0740. The van der Waals surface area contributed by atoms with Crippen LogP contribution in [0.1, 0.15) is 22.4 Å². The zero-order valence-corrected chi connectivity index (χ0v) is 18.6. The number of fused-ring (bicyclic) bond motifs is 1. The Balaban J connectivity index is 1.46. The van der Waals surface area contributed by atoms with Gasteiger partial charge in [0.05, 0.1) is 12.2 Å². The number of hydrogen-bond acceptors (Lipinski definition) is 4. The van der Waals surface area contributed by atoms with E-state index in [0.29, 0.717) is 18.0 Å². The molecule has 5 nitrogen and oxygen atoms in total. The van der Waals surface area contributed by atoms with E-state index < -0.39 is 18.0 Å². The van der Waals surface area contributed by atoms with Crippen LogP contribution >= 0.6 is 15.9 Å². The van der Waals surface area contributed by atoms with Gasteiger partial charge in [0.15, 0.2) is 0 Å². The third-order valence-electron chi connectivity index (χ3n) is 5.34. The molecule has 0 saturated heterocycles. The lowest BCUT2D eigenvalue weighted by Crippen LogP contribution is -2.30. The lowest BCUT2D eigenvalue weighted by Gasteiger charge is -2.27. The molecule has 3 heterocycles. The molecule has 0 fully saturated rings. The molecule has 0 aliphatic carbocycles. The van der Waals surface area contributed by atoms with Crippen molar-refractivity contribution < 1.29 is 13.5 Å². The van der Waals surface area contributed by atoms with Gasteiger partial charge in [-0.05, 0) is 64.8 Å². The molecule has 162 valence electrons. The Morgan fingerprint density at radius 2 is 2.00 bits per heavy atom. The number of pyridine rings is 2. The summed E-state index contributed by atoms with van der Waals surface area (Å²) in [5, 5.41) is 0. The van der Waals surface area contributed by atoms with Gasteiger partial charge in [0.25, 0.3) is 11.5 Å². The van der Waals surface area contributed by atoms with Gasteiger partial charge in [-0.25, -0.2) is 0 Å². The van der Waals surface area contributed by atoms with Crippen molar-refractivity contribution in [1.82, 2.24) is 14.5 Å². The summed E-state index contributed by atoms with van der Waals surface area (Å²) in [5.41, 5.74) is 2.10. The van der Waals surface area contributed by atoms with E-state index in [-0.39, 0.29) is 12.2 Å². The predicted molar refractivity (Wildman–Crippen MR) is 117 cm³/mol. The average Bonchev–Trinajstić information content (AvgIpc) is 2.74. The van der Waals surface area contributed by atoms with Crippen molar-refractivity contribution in [2.75, 3.05) is 13.6 Å². The molecule has 31 heavy (non-hydrogen) atoms. The summed E-state index contributed by atoms with van der Waals surface area (Å²) in [6.45, 7) is 1.02. The van der Waals surface area contributed by atoms with Gasteiger partial charge >= 0.3 is 0 Å². The fourth-order valence-electron chi connectivity index (χ4n) is 3.59. The molecule has 0 bridgehead atoms. The van der Waals surface area contributed by atoms with Crippen LogP contribution in [-0.2, 0) is 32.0 Å². The number of nitrogens with zero attached hydrogens (tertiary/aromatic N) is 3. The highest BCUT2D eigenvalue weighted by atomic mass is 79.9. The van der Waals surface area contributed by atoms with E-state index in [1.165, 1.54) is 24.4 Å². The summed E-state index contributed by atoms with van der Waals surface area (Å²) in [6, 6.07) is 11.2. The Bertz CT molecular complexity index is 1130. The lowest BCUT2D eigenvalue weighted by atomic mass is 9.95.